The van der Waals surface area contributed by atoms with Gasteiger partial charge in [0.1, 0.15) is 13.2 Å². The Kier molecular flexibility index (Phi) is 4.53. The van der Waals surface area contributed by atoms with Gasteiger partial charge in [-0.1, -0.05) is 0 Å². The van der Waals surface area contributed by atoms with Crippen LogP contribution in [0.15, 0.2) is 23.1 Å². The number of fused-ring (bicyclic) bond motifs is 1. The molecular formula is C22H29NO3S. The summed E-state index contributed by atoms with van der Waals surface area (Å²) in [6.07, 6.45) is 8.32. The molecule has 1 heterocycles. The van der Waals surface area contributed by atoms with Crippen molar-refractivity contribution in [3.8, 4) is 11.5 Å². The minimum absolute atomic E-state index is 0.151. The van der Waals surface area contributed by atoms with E-state index in [0.717, 1.165) is 34.1 Å². The fraction of sp³-hybridized carbons (Fsp3) is 0.682. The van der Waals surface area contributed by atoms with Gasteiger partial charge in [0.2, 0.25) is 5.91 Å². The maximum atomic E-state index is 12.6. The van der Waals surface area contributed by atoms with Crippen molar-refractivity contribution >= 4 is 17.7 Å². The van der Waals surface area contributed by atoms with E-state index in [-0.39, 0.29) is 5.91 Å². The van der Waals surface area contributed by atoms with E-state index in [1.165, 1.54) is 38.5 Å². The smallest absolute Gasteiger partial charge is 0.230 e. The number of hydrogen-bond donors (Lipinski definition) is 1. The molecule has 27 heavy (non-hydrogen) atoms. The summed E-state index contributed by atoms with van der Waals surface area (Å²) < 4.78 is 11.2. The number of carbonyl (C=O) groups excluding carboxylic acids is 1. The van der Waals surface area contributed by atoms with Gasteiger partial charge in [0.25, 0.3) is 0 Å². The van der Waals surface area contributed by atoms with Crippen molar-refractivity contribution in [3.63, 3.8) is 0 Å². The van der Waals surface area contributed by atoms with Crippen LogP contribution >= 0.6 is 11.8 Å². The van der Waals surface area contributed by atoms with E-state index >= 15 is 0 Å². The van der Waals surface area contributed by atoms with E-state index in [4.69, 9.17) is 9.47 Å². The van der Waals surface area contributed by atoms with Crippen molar-refractivity contribution < 1.29 is 14.3 Å². The van der Waals surface area contributed by atoms with Crippen LogP contribution in [-0.4, -0.2) is 30.9 Å². The second kappa shape index (κ2) is 6.91. The number of ether oxygens (including phenoxy) is 2. The molecule has 0 aromatic heterocycles. The molecule has 0 spiro atoms. The summed E-state index contributed by atoms with van der Waals surface area (Å²) in [5.74, 6) is 4.95. The van der Waals surface area contributed by atoms with Crippen LogP contribution in [-0.2, 0) is 4.79 Å². The Morgan fingerprint density at radius 1 is 1.11 bits per heavy atom. The van der Waals surface area contributed by atoms with Gasteiger partial charge in [-0.15, -0.1) is 11.8 Å². The molecule has 1 unspecified atom stereocenters. The number of nitrogens with one attached hydrogen (secondary N) is 1. The first kappa shape index (κ1) is 17.7. The Morgan fingerprint density at radius 2 is 1.74 bits per heavy atom. The lowest BCUT2D eigenvalue weighted by Gasteiger charge is -2.59. The second-order valence-electron chi connectivity index (χ2n) is 9.16. The first-order valence-corrected chi connectivity index (χ1v) is 11.4. The minimum atomic E-state index is 0.151. The Labute approximate surface area is 165 Å². The van der Waals surface area contributed by atoms with Crippen molar-refractivity contribution in [2.24, 2.45) is 23.2 Å². The quantitative estimate of drug-likeness (QED) is 0.767. The molecular weight excluding hydrogens is 358 g/mol. The van der Waals surface area contributed by atoms with Gasteiger partial charge in [-0.2, -0.15) is 0 Å². The molecule has 1 N–H and O–H groups in total. The number of hydrogen-bond acceptors (Lipinski definition) is 4. The Bertz CT molecular complexity index is 699. The van der Waals surface area contributed by atoms with Gasteiger partial charge in [0, 0.05) is 10.9 Å². The summed E-state index contributed by atoms with van der Waals surface area (Å²) in [5, 5.41) is 3.35. The Hall–Kier alpha value is -1.36. The zero-order chi connectivity index (χ0) is 18.4. The van der Waals surface area contributed by atoms with E-state index in [1.54, 1.807) is 11.8 Å². The fourth-order valence-electron chi connectivity index (χ4n) is 6.41. The van der Waals surface area contributed by atoms with E-state index in [2.05, 4.69) is 12.2 Å². The molecule has 4 saturated carbocycles. The zero-order valence-corrected chi connectivity index (χ0v) is 16.9. The molecule has 4 aliphatic carbocycles. The lowest BCUT2D eigenvalue weighted by atomic mass is 9.48. The summed E-state index contributed by atoms with van der Waals surface area (Å²) in [6.45, 7) is 3.44. The van der Waals surface area contributed by atoms with Gasteiger partial charge in [-0.05, 0) is 86.8 Å². The summed E-state index contributed by atoms with van der Waals surface area (Å²) in [7, 11) is 0. The van der Waals surface area contributed by atoms with Crippen molar-refractivity contribution in [3.05, 3.63) is 18.2 Å². The topological polar surface area (TPSA) is 47.6 Å². The Morgan fingerprint density at radius 3 is 2.41 bits per heavy atom. The normalized spacial score (nSPS) is 34.3. The third-order valence-corrected chi connectivity index (χ3v) is 8.26. The molecule has 6 rings (SSSR count). The highest BCUT2D eigenvalue weighted by atomic mass is 32.2. The molecule has 5 heteroatoms. The summed E-state index contributed by atoms with van der Waals surface area (Å²) in [5.41, 5.74) is 0.367. The van der Waals surface area contributed by atoms with Crippen molar-refractivity contribution in [1.82, 2.24) is 5.32 Å². The molecule has 4 fully saturated rings. The van der Waals surface area contributed by atoms with Crippen LogP contribution in [0.4, 0.5) is 0 Å². The van der Waals surface area contributed by atoms with Crippen LogP contribution in [0.3, 0.4) is 0 Å². The van der Waals surface area contributed by atoms with E-state index in [0.29, 0.717) is 30.4 Å². The predicted octanol–water partition coefficient (Wildman–Crippen LogP) is 4.27. The summed E-state index contributed by atoms with van der Waals surface area (Å²) >= 11 is 1.57. The van der Waals surface area contributed by atoms with Gasteiger partial charge in [0.15, 0.2) is 11.5 Å². The average Bonchev–Trinajstić information content (AvgIpc) is 2.65. The van der Waals surface area contributed by atoms with Gasteiger partial charge >= 0.3 is 0 Å². The molecule has 1 aliphatic heterocycles. The van der Waals surface area contributed by atoms with Gasteiger partial charge in [0.05, 0.1) is 5.75 Å². The van der Waals surface area contributed by atoms with Gasteiger partial charge < -0.3 is 14.8 Å². The number of benzene rings is 1. The number of rotatable bonds is 5. The van der Waals surface area contributed by atoms with Crippen molar-refractivity contribution in [1.29, 1.82) is 0 Å². The highest BCUT2D eigenvalue weighted by molar-refractivity contribution is 8.00. The first-order chi connectivity index (χ1) is 13.1. The summed E-state index contributed by atoms with van der Waals surface area (Å²) in [6, 6.07) is 6.22. The molecule has 0 radical (unpaired) electrons. The third kappa shape index (κ3) is 3.43. The van der Waals surface area contributed by atoms with Crippen LogP contribution in [0.5, 0.6) is 11.5 Å². The van der Waals surface area contributed by atoms with E-state index < -0.39 is 0 Å². The lowest BCUT2D eigenvalue weighted by molar-refractivity contribution is -0.123. The first-order valence-electron chi connectivity index (χ1n) is 10.4. The highest BCUT2D eigenvalue weighted by Gasteiger charge is 2.53. The third-order valence-electron chi connectivity index (χ3n) is 7.27. The Balaban J connectivity index is 1.18. The van der Waals surface area contributed by atoms with Crippen LogP contribution < -0.4 is 14.8 Å². The molecule has 4 nitrogen and oxygen atoms in total. The second-order valence-corrected chi connectivity index (χ2v) is 10.2. The fourth-order valence-corrected chi connectivity index (χ4v) is 7.14. The van der Waals surface area contributed by atoms with Crippen molar-refractivity contribution in [2.75, 3.05) is 19.0 Å². The van der Waals surface area contributed by atoms with Crippen LogP contribution in [0.2, 0.25) is 0 Å². The number of amides is 1. The molecule has 1 amide bonds. The molecule has 5 aliphatic rings. The largest absolute Gasteiger partial charge is 0.486 e. The lowest BCUT2D eigenvalue weighted by Crippen LogP contribution is -2.56. The van der Waals surface area contributed by atoms with Gasteiger partial charge in [-0.25, -0.2) is 0 Å². The van der Waals surface area contributed by atoms with E-state index in [9.17, 15) is 4.79 Å². The van der Waals surface area contributed by atoms with Crippen LogP contribution in [0.1, 0.15) is 45.4 Å². The molecule has 0 saturated heterocycles. The van der Waals surface area contributed by atoms with Crippen LogP contribution in [0.25, 0.3) is 0 Å². The standard InChI is InChI=1S/C22H29NO3S/c1-14(22-10-15-6-16(11-22)8-17(7-15)12-22)23-21(24)13-27-18-2-3-19-20(9-18)26-5-4-25-19/h2-3,9,14-17H,4-8,10-13H2,1H3,(H,23,24). The summed E-state index contributed by atoms with van der Waals surface area (Å²) in [4.78, 5) is 13.7. The van der Waals surface area contributed by atoms with Crippen molar-refractivity contribution in [2.45, 2.75) is 56.4 Å². The maximum Gasteiger partial charge on any atom is 0.230 e. The molecule has 146 valence electrons. The average molecular weight is 388 g/mol. The zero-order valence-electron chi connectivity index (χ0n) is 16.0. The monoisotopic (exact) mass is 387 g/mol. The molecule has 4 bridgehead atoms. The van der Waals surface area contributed by atoms with E-state index in [1.807, 2.05) is 18.2 Å². The molecule has 1 atom stereocenters. The molecule has 1 aromatic carbocycles. The maximum absolute atomic E-state index is 12.6. The highest BCUT2D eigenvalue weighted by Crippen LogP contribution is 2.61. The van der Waals surface area contributed by atoms with Gasteiger partial charge in [-0.3, -0.25) is 4.79 Å². The number of thioether (sulfide) groups is 1. The minimum Gasteiger partial charge on any atom is -0.486 e. The van der Waals surface area contributed by atoms with Crippen LogP contribution in [0, 0.1) is 23.2 Å². The number of carbonyl (C=O) groups is 1. The molecule has 1 aromatic rings. The predicted molar refractivity (Wildman–Crippen MR) is 106 cm³/mol. The SMILES string of the molecule is CC(NC(=O)CSc1ccc2c(c1)OCCO2)C12CC3CC(CC(C3)C1)C2.